The fourth-order valence-corrected chi connectivity index (χ4v) is 5.00. The molecule has 2 aromatic carbocycles. The van der Waals surface area contributed by atoms with Gasteiger partial charge in [0.05, 0.1) is 12.6 Å². The van der Waals surface area contributed by atoms with Crippen molar-refractivity contribution in [3.63, 3.8) is 0 Å². The molecule has 0 spiro atoms. The van der Waals surface area contributed by atoms with E-state index in [9.17, 15) is 29.1 Å². The number of phenolic OH excluding ortho intramolecular Hbond substituents is 1. The van der Waals surface area contributed by atoms with Gasteiger partial charge in [-0.1, -0.05) is 56.3 Å². The Bertz CT molecular complexity index is 1290. The highest BCUT2D eigenvalue weighted by atomic mass is 16.3. The number of phenols is 1. The number of benzene rings is 2. The SMILES string of the molecule is CC(C)CC1C(=O)NCCCN1C(=O)[C@H](Cc1ccccc1)NC(=O)CNC(=O)[C@@H](C)NC(=O)[C@@H](N)Cc1ccc(O)cc1. The van der Waals surface area contributed by atoms with E-state index in [0.717, 1.165) is 11.1 Å². The summed E-state index contributed by atoms with van der Waals surface area (Å²) in [6.45, 7) is 5.86. The minimum Gasteiger partial charge on any atom is -0.508 e. The molecule has 44 heavy (non-hydrogen) atoms. The van der Waals surface area contributed by atoms with Crippen molar-refractivity contribution in [1.82, 2.24) is 26.2 Å². The summed E-state index contributed by atoms with van der Waals surface area (Å²) < 4.78 is 0. The molecule has 12 nitrogen and oxygen atoms in total. The molecular formula is C32H44N6O6. The number of carbonyl (C=O) groups excluding carboxylic acids is 5. The standard InChI is InChI=1S/C32H44N6O6/c1-20(2)16-27-31(43)34-14-7-15-38(27)32(44)26(18-22-8-5-4-6-9-22)37-28(40)19-35-29(41)21(3)36-30(42)25(33)17-23-10-12-24(39)13-11-23/h4-6,8-13,20-21,25-27,39H,7,14-19,33H2,1-3H3,(H,34,43)(H,35,41)(H,36,42)(H,37,40)/t21-,25+,26+,27?/m1/s1. The molecular weight excluding hydrogens is 564 g/mol. The van der Waals surface area contributed by atoms with Gasteiger partial charge >= 0.3 is 0 Å². The lowest BCUT2D eigenvalue weighted by Gasteiger charge is -2.33. The van der Waals surface area contributed by atoms with E-state index in [-0.39, 0.29) is 36.3 Å². The lowest BCUT2D eigenvalue weighted by molar-refractivity contribution is -0.143. The summed E-state index contributed by atoms with van der Waals surface area (Å²) in [6, 6.07) is 12.0. The van der Waals surface area contributed by atoms with Gasteiger partial charge in [-0.15, -0.1) is 0 Å². The van der Waals surface area contributed by atoms with Crippen LogP contribution < -0.4 is 27.0 Å². The number of nitrogens with two attached hydrogens (primary N) is 1. The molecule has 7 N–H and O–H groups in total. The van der Waals surface area contributed by atoms with Crippen LogP contribution in [0.3, 0.4) is 0 Å². The zero-order chi connectivity index (χ0) is 32.2. The first kappa shape index (κ1) is 34.0. The number of hydrogen-bond donors (Lipinski definition) is 6. The molecule has 238 valence electrons. The minimum atomic E-state index is -0.977. The van der Waals surface area contributed by atoms with Crippen LogP contribution in [-0.4, -0.2) is 83.3 Å². The third-order valence-electron chi connectivity index (χ3n) is 7.35. The molecule has 2 aromatic rings. The van der Waals surface area contributed by atoms with Crippen molar-refractivity contribution in [2.24, 2.45) is 11.7 Å². The van der Waals surface area contributed by atoms with Gasteiger partial charge in [-0.2, -0.15) is 0 Å². The van der Waals surface area contributed by atoms with Crippen LogP contribution in [0.2, 0.25) is 0 Å². The molecule has 0 radical (unpaired) electrons. The van der Waals surface area contributed by atoms with Gasteiger partial charge in [-0.3, -0.25) is 24.0 Å². The largest absolute Gasteiger partial charge is 0.508 e. The van der Waals surface area contributed by atoms with Crippen molar-refractivity contribution in [3.05, 3.63) is 65.7 Å². The monoisotopic (exact) mass is 608 g/mol. The smallest absolute Gasteiger partial charge is 0.246 e. The van der Waals surface area contributed by atoms with Gasteiger partial charge in [0.25, 0.3) is 0 Å². The fourth-order valence-electron chi connectivity index (χ4n) is 5.00. The van der Waals surface area contributed by atoms with Crippen molar-refractivity contribution in [2.45, 2.75) is 70.6 Å². The van der Waals surface area contributed by atoms with Gasteiger partial charge in [-0.05, 0) is 55.4 Å². The summed E-state index contributed by atoms with van der Waals surface area (Å²) in [5.41, 5.74) is 7.56. The zero-order valence-electron chi connectivity index (χ0n) is 25.5. The normalized spacial score (nSPS) is 17.1. The predicted octanol–water partition coefficient (Wildman–Crippen LogP) is 0.374. The summed E-state index contributed by atoms with van der Waals surface area (Å²) in [7, 11) is 0. The highest BCUT2D eigenvalue weighted by molar-refractivity contribution is 5.94. The third-order valence-corrected chi connectivity index (χ3v) is 7.35. The first-order valence-electron chi connectivity index (χ1n) is 15.0. The third kappa shape index (κ3) is 10.4. The summed E-state index contributed by atoms with van der Waals surface area (Å²) in [5, 5.41) is 20.1. The Morgan fingerprint density at radius 1 is 0.955 bits per heavy atom. The molecule has 1 heterocycles. The van der Waals surface area contributed by atoms with E-state index in [0.29, 0.717) is 25.9 Å². The van der Waals surface area contributed by atoms with E-state index in [2.05, 4.69) is 21.3 Å². The summed E-state index contributed by atoms with van der Waals surface area (Å²) >= 11 is 0. The quantitative estimate of drug-likeness (QED) is 0.190. The van der Waals surface area contributed by atoms with Crippen LogP contribution in [0.15, 0.2) is 54.6 Å². The van der Waals surface area contributed by atoms with E-state index >= 15 is 0 Å². The van der Waals surface area contributed by atoms with Crippen LogP contribution in [0.5, 0.6) is 5.75 Å². The molecule has 4 atom stereocenters. The maximum Gasteiger partial charge on any atom is 0.246 e. The van der Waals surface area contributed by atoms with Crippen molar-refractivity contribution in [3.8, 4) is 5.75 Å². The lowest BCUT2D eigenvalue weighted by atomic mass is 9.99. The first-order chi connectivity index (χ1) is 20.9. The Labute approximate surface area is 258 Å². The van der Waals surface area contributed by atoms with E-state index < -0.39 is 48.4 Å². The van der Waals surface area contributed by atoms with Crippen LogP contribution in [0, 0.1) is 5.92 Å². The Balaban J connectivity index is 1.61. The fraction of sp³-hybridized carbons (Fsp3) is 0.469. The van der Waals surface area contributed by atoms with E-state index in [1.807, 2.05) is 44.2 Å². The lowest BCUT2D eigenvalue weighted by Crippen LogP contribution is -2.57. The Morgan fingerprint density at radius 2 is 1.61 bits per heavy atom. The molecule has 0 aliphatic carbocycles. The first-order valence-corrected chi connectivity index (χ1v) is 15.0. The van der Waals surface area contributed by atoms with Gasteiger partial charge in [0.15, 0.2) is 0 Å². The van der Waals surface area contributed by atoms with E-state index in [1.54, 1.807) is 17.0 Å². The van der Waals surface area contributed by atoms with Crippen molar-refractivity contribution >= 4 is 29.5 Å². The highest BCUT2D eigenvalue weighted by Crippen LogP contribution is 2.18. The number of aromatic hydroxyl groups is 1. The van der Waals surface area contributed by atoms with Crippen molar-refractivity contribution in [1.29, 1.82) is 0 Å². The molecule has 0 aromatic heterocycles. The van der Waals surface area contributed by atoms with Crippen molar-refractivity contribution < 1.29 is 29.1 Å². The Kier molecular flexibility index (Phi) is 12.7. The van der Waals surface area contributed by atoms with Crippen LogP contribution >= 0.6 is 0 Å². The molecule has 3 rings (SSSR count). The molecule has 5 amide bonds. The van der Waals surface area contributed by atoms with Crippen LogP contribution in [0.1, 0.15) is 44.7 Å². The number of rotatable bonds is 13. The Morgan fingerprint density at radius 3 is 2.27 bits per heavy atom. The topological polar surface area (TPSA) is 183 Å². The molecule has 0 saturated carbocycles. The summed E-state index contributed by atoms with van der Waals surface area (Å²) in [6.07, 6.45) is 1.49. The molecule has 1 saturated heterocycles. The second-order valence-corrected chi connectivity index (χ2v) is 11.6. The minimum absolute atomic E-state index is 0.0986. The average molecular weight is 609 g/mol. The van der Waals surface area contributed by atoms with Crippen LogP contribution in [0.25, 0.3) is 0 Å². The van der Waals surface area contributed by atoms with E-state index in [4.69, 9.17) is 5.73 Å². The number of amides is 5. The van der Waals surface area contributed by atoms with E-state index in [1.165, 1.54) is 19.1 Å². The zero-order valence-corrected chi connectivity index (χ0v) is 25.5. The second-order valence-electron chi connectivity index (χ2n) is 11.6. The number of hydrogen-bond acceptors (Lipinski definition) is 7. The highest BCUT2D eigenvalue weighted by Gasteiger charge is 2.36. The van der Waals surface area contributed by atoms with Crippen LogP contribution in [0.4, 0.5) is 0 Å². The van der Waals surface area contributed by atoms with Gasteiger partial charge in [-0.25, -0.2) is 0 Å². The molecule has 1 unspecified atom stereocenters. The number of nitrogens with one attached hydrogen (secondary N) is 4. The van der Waals surface area contributed by atoms with Gasteiger partial charge in [0, 0.05) is 19.5 Å². The molecule has 0 bridgehead atoms. The maximum atomic E-state index is 13.9. The molecule has 1 aliphatic rings. The maximum absolute atomic E-state index is 13.9. The molecule has 1 fully saturated rings. The predicted molar refractivity (Wildman–Crippen MR) is 165 cm³/mol. The number of carbonyl (C=O) groups is 5. The van der Waals surface area contributed by atoms with Crippen molar-refractivity contribution in [2.75, 3.05) is 19.6 Å². The second kappa shape index (κ2) is 16.4. The molecule has 12 heteroatoms. The summed E-state index contributed by atoms with van der Waals surface area (Å²) in [5.74, 6) is -2.04. The van der Waals surface area contributed by atoms with Crippen LogP contribution in [-0.2, 0) is 36.8 Å². The summed E-state index contributed by atoms with van der Waals surface area (Å²) in [4.78, 5) is 66.5. The average Bonchev–Trinajstić information content (AvgIpc) is 3.17. The van der Waals surface area contributed by atoms with Gasteiger partial charge in [0.1, 0.15) is 23.9 Å². The van der Waals surface area contributed by atoms with Gasteiger partial charge < -0.3 is 37.0 Å². The van der Waals surface area contributed by atoms with Gasteiger partial charge in [0.2, 0.25) is 29.5 Å². The Hall–Kier alpha value is -4.45. The molecule has 1 aliphatic heterocycles. The number of nitrogens with zero attached hydrogens (tertiary/aromatic N) is 1.